The molecule has 6 nitrogen and oxygen atoms in total. The van der Waals surface area contributed by atoms with Crippen molar-refractivity contribution in [2.24, 2.45) is 7.05 Å². The number of nitrogens with zero attached hydrogens (tertiary/aromatic N) is 4. The first kappa shape index (κ1) is 15.0. The third-order valence-electron chi connectivity index (χ3n) is 3.10. The molecule has 0 aliphatic rings. The van der Waals surface area contributed by atoms with Gasteiger partial charge in [0.15, 0.2) is 10.3 Å². The van der Waals surface area contributed by atoms with Gasteiger partial charge in [-0.3, -0.25) is 4.79 Å². The predicted octanol–water partition coefficient (Wildman–Crippen LogP) is 2.93. The van der Waals surface area contributed by atoms with Crippen LogP contribution in [-0.4, -0.2) is 30.9 Å². The Kier molecular flexibility index (Phi) is 4.39. The van der Waals surface area contributed by atoms with Gasteiger partial charge in [-0.15, -0.1) is 10.2 Å². The van der Waals surface area contributed by atoms with Gasteiger partial charge in [0.1, 0.15) is 6.33 Å². The molecule has 22 heavy (non-hydrogen) atoms. The lowest BCUT2D eigenvalue weighted by Gasteiger charge is -2.12. The van der Waals surface area contributed by atoms with Gasteiger partial charge in [0.05, 0.1) is 15.5 Å². The summed E-state index contributed by atoms with van der Waals surface area (Å²) in [4.78, 5) is 16.9. The van der Waals surface area contributed by atoms with Crippen LogP contribution in [0.5, 0.6) is 0 Å². The van der Waals surface area contributed by atoms with Gasteiger partial charge in [0, 0.05) is 7.05 Å². The maximum Gasteiger partial charge on any atom is 0.239 e. The van der Waals surface area contributed by atoms with Crippen LogP contribution in [0.2, 0.25) is 0 Å². The number of thioether (sulfide) groups is 1. The molecule has 114 valence electrons. The molecule has 3 aromatic rings. The monoisotopic (exact) mass is 333 g/mol. The summed E-state index contributed by atoms with van der Waals surface area (Å²) in [5.41, 5.74) is 0.900. The number of thiazole rings is 1. The first-order valence-corrected chi connectivity index (χ1v) is 8.54. The number of benzene rings is 1. The maximum atomic E-state index is 12.4. The van der Waals surface area contributed by atoms with E-state index in [9.17, 15) is 4.79 Å². The third-order valence-corrected chi connectivity index (χ3v) is 5.47. The molecule has 2 aromatic heterocycles. The summed E-state index contributed by atoms with van der Waals surface area (Å²) in [6.45, 7) is 1.98. The Morgan fingerprint density at radius 3 is 2.95 bits per heavy atom. The summed E-state index contributed by atoms with van der Waals surface area (Å²) in [6, 6.07) is 7.83. The van der Waals surface area contributed by atoms with Crippen LogP contribution >= 0.6 is 23.1 Å². The minimum Gasteiger partial charge on any atom is -0.312 e. The van der Waals surface area contributed by atoms with Gasteiger partial charge < -0.3 is 9.88 Å². The average molecular weight is 333 g/mol. The highest BCUT2D eigenvalue weighted by molar-refractivity contribution is 8.00. The number of para-hydroxylation sites is 1. The molecule has 1 N–H and O–H groups in total. The van der Waals surface area contributed by atoms with E-state index in [0.29, 0.717) is 11.6 Å². The molecule has 0 aliphatic carbocycles. The fraction of sp³-hybridized carbons (Fsp3) is 0.286. The second-order valence-electron chi connectivity index (χ2n) is 4.72. The van der Waals surface area contributed by atoms with Crippen molar-refractivity contribution in [3.8, 4) is 0 Å². The van der Waals surface area contributed by atoms with E-state index in [-0.39, 0.29) is 11.2 Å². The van der Waals surface area contributed by atoms with Crippen LogP contribution in [0.3, 0.4) is 0 Å². The van der Waals surface area contributed by atoms with Gasteiger partial charge in [0.25, 0.3) is 0 Å². The summed E-state index contributed by atoms with van der Waals surface area (Å²) >= 11 is 2.89. The number of hydrogen-bond donors (Lipinski definition) is 1. The molecule has 1 aromatic carbocycles. The molecule has 0 unspecified atom stereocenters. The molecule has 3 rings (SSSR count). The predicted molar refractivity (Wildman–Crippen MR) is 89.2 cm³/mol. The SMILES string of the molecule is CC[C@@H](Sc1nncn1C)C(=O)Nc1nc2ccccc2s1. The zero-order valence-corrected chi connectivity index (χ0v) is 13.8. The van der Waals surface area contributed by atoms with Crippen LogP contribution in [0, 0.1) is 0 Å². The van der Waals surface area contributed by atoms with Gasteiger partial charge in [-0.2, -0.15) is 0 Å². The average Bonchev–Trinajstić information content (AvgIpc) is 3.10. The molecule has 0 aliphatic heterocycles. The number of fused-ring (bicyclic) bond motifs is 1. The number of amides is 1. The molecular weight excluding hydrogens is 318 g/mol. The number of aromatic nitrogens is 4. The highest BCUT2D eigenvalue weighted by atomic mass is 32.2. The molecule has 0 saturated carbocycles. The number of nitrogens with one attached hydrogen (secondary N) is 1. The molecule has 0 saturated heterocycles. The van der Waals surface area contributed by atoms with Crippen LogP contribution in [0.25, 0.3) is 10.2 Å². The normalized spacial score (nSPS) is 12.5. The number of carbonyl (C=O) groups is 1. The Bertz CT molecular complexity index is 764. The number of aryl methyl sites for hydroxylation is 1. The van der Waals surface area contributed by atoms with Crippen molar-refractivity contribution < 1.29 is 4.79 Å². The lowest BCUT2D eigenvalue weighted by atomic mass is 10.3. The van der Waals surface area contributed by atoms with Crippen LogP contribution in [0.15, 0.2) is 35.7 Å². The standard InChI is InChI=1S/C14H15N5OS2/c1-3-10(22-14-18-15-8-19(14)2)12(20)17-13-16-9-6-4-5-7-11(9)21-13/h4-8,10H,3H2,1-2H3,(H,16,17,20)/t10-/m1/s1. The quantitative estimate of drug-likeness (QED) is 0.727. The fourth-order valence-corrected chi connectivity index (χ4v) is 3.70. The van der Waals surface area contributed by atoms with Gasteiger partial charge >= 0.3 is 0 Å². The Hall–Kier alpha value is -1.93. The summed E-state index contributed by atoms with van der Waals surface area (Å²) in [5.74, 6) is -0.0606. The largest absolute Gasteiger partial charge is 0.312 e. The van der Waals surface area contributed by atoms with Crippen molar-refractivity contribution >= 4 is 44.4 Å². The van der Waals surface area contributed by atoms with E-state index in [2.05, 4.69) is 20.5 Å². The first-order chi connectivity index (χ1) is 10.7. The Morgan fingerprint density at radius 2 is 2.27 bits per heavy atom. The van der Waals surface area contributed by atoms with Crippen molar-refractivity contribution in [2.75, 3.05) is 5.32 Å². The van der Waals surface area contributed by atoms with E-state index < -0.39 is 0 Å². The fourth-order valence-electron chi connectivity index (χ4n) is 1.94. The summed E-state index contributed by atoms with van der Waals surface area (Å²) in [7, 11) is 1.86. The van der Waals surface area contributed by atoms with Gasteiger partial charge in [-0.05, 0) is 18.6 Å². The van der Waals surface area contributed by atoms with Crippen molar-refractivity contribution in [1.29, 1.82) is 0 Å². The minimum absolute atomic E-state index is 0.0606. The van der Waals surface area contributed by atoms with Gasteiger partial charge in [-0.1, -0.05) is 42.2 Å². The highest BCUT2D eigenvalue weighted by Crippen LogP contribution is 2.28. The summed E-state index contributed by atoms with van der Waals surface area (Å²) < 4.78 is 2.87. The van der Waals surface area contributed by atoms with Crippen molar-refractivity contribution in [2.45, 2.75) is 23.8 Å². The van der Waals surface area contributed by atoms with Crippen molar-refractivity contribution in [1.82, 2.24) is 19.7 Å². The van der Waals surface area contributed by atoms with Crippen molar-refractivity contribution in [3.05, 3.63) is 30.6 Å². The Balaban J connectivity index is 1.72. The zero-order valence-electron chi connectivity index (χ0n) is 12.2. The summed E-state index contributed by atoms with van der Waals surface area (Å²) in [6.07, 6.45) is 2.33. The van der Waals surface area contributed by atoms with E-state index in [1.807, 2.05) is 38.2 Å². The molecule has 0 bridgehead atoms. The number of hydrogen-bond acceptors (Lipinski definition) is 6. The second-order valence-corrected chi connectivity index (χ2v) is 6.92. The molecule has 1 amide bonds. The molecular formula is C14H15N5OS2. The molecule has 2 heterocycles. The Labute approximate surface area is 136 Å². The molecule has 1 atom stereocenters. The highest BCUT2D eigenvalue weighted by Gasteiger charge is 2.21. The number of anilines is 1. The van der Waals surface area contributed by atoms with E-state index >= 15 is 0 Å². The smallest absolute Gasteiger partial charge is 0.239 e. The lowest BCUT2D eigenvalue weighted by Crippen LogP contribution is -2.24. The van der Waals surface area contributed by atoms with Crippen LogP contribution in [0.4, 0.5) is 5.13 Å². The number of carbonyl (C=O) groups excluding carboxylic acids is 1. The van der Waals surface area contributed by atoms with Crippen LogP contribution in [0.1, 0.15) is 13.3 Å². The van der Waals surface area contributed by atoms with Gasteiger partial charge in [-0.25, -0.2) is 4.98 Å². The topological polar surface area (TPSA) is 72.7 Å². The number of rotatable bonds is 5. The first-order valence-electron chi connectivity index (χ1n) is 6.84. The minimum atomic E-state index is -0.227. The Morgan fingerprint density at radius 1 is 1.45 bits per heavy atom. The van der Waals surface area contributed by atoms with E-state index in [1.165, 1.54) is 23.1 Å². The van der Waals surface area contributed by atoms with E-state index in [4.69, 9.17) is 0 Å². The molecule has 0 radical (unpaired) electrons. The van der Waals surface area contributed by atoms with Crippen LogP contribution in [-0.2, 0) is 11.8 Å². The van der Waals surface area contributed by atoms with Crippen LogP contribution < -0.4 is 5.32 Å². The summed E-state index contributed by atoms with van der Waals surface area (Å²) in [5, 5.41) is 11.9. The zero-order chi connectivity index (χ0) is 15.5. The van der Waals surface area contributed by atoms with Crippen molar-refractivity contribution in [3.63, 3.8) is 0 Å². The lowest BCUT2D eigenvalue weighted by molar-refractivity contribution is -0.115. The molecule has 0 spiro atoms. The molecule has 8 heteroatoms. The maximum absolute atomic E-state index is 12.4. The third kappa shape index (κ3) is 3.12. The van der Waals surface area contributed by atoms with Gasteiger partial charge in [0.2, 0.25) is 5.91 Å². The van der Waals surface area contributed by atoms with E-state index in [0.717, 1.165) is 15.4 Å². The van der Waals surface area contributed by atoms with E-state index in [1.54, 1.807) is 10.9 Å². The second kappa shape index (κ2) is 6.45. The molecule has 0 fully saturated rings.